The van der Waals surface area contributed by atoms with Gasteiger partial charge in [0.2, 0.25) is 0 Å². The van der Waals surface area contributed by atoms with E-state index in [1.54, 1.807) is 21.0 Å². The Bertz CT molecular complexity index is 385. The molecule has 0 fully saturated rings. The smallest absolute Gasteiger partial charge is 0.335 e. The van der Waals surface area contributed by atoms with Crippen molar-refractivity contribution < 1.29 is 19.4 Å². The molecular formula is C14H20O4. The predicted molar refractivity (Wildman–Crippen MR) is 69.0 cm³/mol. The lowest BCUT2D eigenvalue weighted by atomic mass is 9.96. The SMILES string of the molecule is CCOC(C)(CCc1ccc(OC)cc1)C(=O)O. The van der Waals surface area contributed by atoms with Crippen LogP contribution in [0.3, 0.4) is 0 Å². The highest BCUT2D eigenvalue weighted by molar-refractivity contribution is 5.76. The third-order valence-electron chi connectivity index (χ3n) is 2.97. The number of methoxy groups -OCH3 is 1. The topological polar surface area (TPSA) is 55.8 Å². The molecule has 18 heavy (non-hydrogen) atoms. The quantitative estimate of drug-likeness (QED) is 0.810. The van der Waals surface area contributed by atoms with E-state index in [-0.39, 0.29) is 0 Å². The molecule has 0 saturated heterocycles. The Kier molecular flexibility index (Phi) is 5.16. The number of hydrogen-bond donors (Lipinski definition) is 1. The number of rotatable bonds is 7. The number of carbonyl (C=O) groups is 1. The number of ether oxygens (including phenoxy) is 2. The van der Waals surface area contributed by atoms with Gasteiger partial charge < -0.3 is 14.6 Å². The molecule has 1 unspecified atom stereocenters. The monoisotopic (exact) mass is 252 g/mol. The Labute approximate surface area is 108 Å². The molecule has 0 spiro atoms. The summed E-state index contributed by atoms with van der Waals surface area (Å²) in [4.78, 5) is 11.2. The minimum Gasteiger partial charge on any atom is -0.497 e. The van der Waals surface area contributed by atoms with Gasteiger partial charge >= 0.3 is 5.97 Å². The van der Waals surface area contributed by atoms with Crippen molar-refractivity contribution in [1.82, 2.24) is 0 Å². The van der Waals surface area contributed by atoms with Gasteiger partial charge in [-0.1, -0.05) is 12.1 Å². The summed E-state index contributed by atoms with van der Waals surface area (Å²) in [7, 11) is 1.62. The zero-order chi connectivity index (χ0) is 13.6. The van der Waals surface area contributed by atoms with E-state index in [0.717, 1.165) is 11.3 Å². The van der Waals surface area contributed by atoms with Crippen molar-refractivity contribution in [3.8, 4) is 5.75 Å². The highest BCUT2D eigenvalue weighted by Crippen LogP contribution is 2.20. The number of aliphatic carboxylic acids is 1. The van der Waals surface area contributed by atoms with Crippen molar-refractivity contribution >= 4 is 5.97 Å². The van der Waals surface area contributed by atoms with Crippen LogP contribution in [-0.2, 0) is 16.0 Å². The summed E-state index contributed by atoms with van der Waals surface area (Å²) in [5, 5.41) is 9.18. The summed E-state index contributed by atoms with van der Waals surface area (Å²) in [6.07, 6.45) is 1.11. The second kappa shape index (κ2) is 6.40. The van der Waals surface area contributed by atoms with Gasteiger partial charge in [0, 0.05) is 6.61 Å². The van der Waals surface area contributed by atoms with E-state index in [4.69, 9.17) is 9.47 Å². The molecule has 0 aliphatic carbocycles. The molecular weight excluding hydrogens is 232 g/mol. The van der Waals surface area contributed by atoms with Gasteiger partial charge in [0.1, 0.15) is 5.75 Å². The highest BCUT2D eigenvalue weighted by atomic mass is 16.5. The maximum Gasteiger partial charge on any atom is 0.335 e. The lowest BCUT2D eigenvalue weighted by Gasteiger charge is -2.24. The zero-order valence-electron chi connectivity index (χ0n) is 11.1. The first-order chi connectivity index (χ1) is 8.51. The van der Waals surface area contributed by atoms with Crippen LogP contribution < -0.4 is 4.74 Å². The van der Waals surface area contributed by atoms with Crippen LogP contribution in [0.25, 0.3) is 0 Å². The molecule has 1 rings (SSSR count). The van der Waals surface area contributed by atoms with Crippen molar-refractivity contribution in [2.75, 3.05) is 13.7 Å². The first-order valence-electron chi connectivity index (χ1n) is 6.02. The molecule has 0 radical (unpaired) electrons. The first-order valence-corrected chi connectivity index (χ1v) is 6.02. The molecule has 0 aliphatic rings. The standard InChI is InChI=1S/C14H20O4/c1-4-18-14(2,13(15)16)10-9-11-5-7-12(17-3)8-6-11/h5-8H,4,9-10H2,1-3H3,(H,15,16). The molecule has 0 heterocycles. The van der Waals surface area contributed by atoms with Gasteiger partial charge in [-0.15, -0.1) is 0 Å². The summed E-state index contributed by atoms with van der Waals surface area (Å²) in [5.41, 5.74) is -0.0442. The van der Waals surface area contributed by atoms with Gasteiger partial charge in [0.25, 0.3) is 0 Å². The number of hydrogen-bond acceptors (Lipinski definition) is 3. The molecule has 1 atom stereocenters. The minimum atomic E-state index is -1.12. The Morgan fingerprint density at radius 1 is 1.33 bits per heavy atom. The average Bonchev–Trinajstić information content (AvgIpc) is 2.37. The third-order valence-corrected chi connectivity index (χ3v) is 2.97. The van der Waals surface area contributed by atoms with Crippen LogP contribution in [0.15, 0.2) is 24.3 Å². The van der Waals surface area contributed by atoms with Gasteiger partial charge in [-0.3, -0.25) is 0 Å². The summed E-state index contributed by atoms with van der Waals surface area (Å²) in [6.45, 7) is 3.81. The largest absolute Gasteiger partial charge is 0.497 e. The molecule has 0 aromatic heterocycles. The average molecular weight is 252 g/mol. The van der Waals surface area contributed by atoms with Crippen LogP contribution in [-0.4, -0.2) is 30.4 Å². The van der Waals surface area contributed by atoms with Crippen molar-refractivity contribution in [3.63, 3.8) is 0 Å². The van der Waals surface area contributed by atoms with Crippen LogP contribution in [0, 0.1) is 0 Å². The summed E-state index contributed by atoms with van der Waals surface area (Å²) >= 11 is 0. The number of carboxylic acids is 1. The van der Waals surface area contributed by atoms with E-state index >= 15 is 0 Å². The highest BCUT2D eigenvalue weighted by Gasteiger charge is 2.33. The minimum absolute atomic E-state index is 0.394. The van der Waals surface area contributed by atoms with Crippen molar-refractivity contribution in [1.29, 1.82) is 0 Å². The second-order valence-corrected chi connectivity index (χ2v) is 4.32. The van der Waals surface area contributed by atoms with Crippen molar-refractivity contribution in [3.05, 3.63) is 29.8 Å². The molecule has 4 heteroatoms. The molecule has 1 N–H and O–H groups in total. The molecule has 1 aromatic carbocycles. The first kappa shape index (κ1) is 14.5. The van der Waals surface area contributed by atoms with E-state index < -0.39 is 11.6 Å². The normalized spacial score (nSPS) is 13.9. The number of aryl methyl sites for hydroxylation is 1. The van der Waals surface area contributed by atoms with Crippen LogP contribution in [0.4, 0.5) is 0 Å². The number of carboxylic acid groups (broad SMARTS) is 1. The van der Waals surface area contributed by atoms with E-state index in [2.05, 4.69) is 0 Å². The molecule has 0 aliphatic heterocycles. The van der Waals surface area contributed by atoms with Crippen LogP contribution in [0.1, 0.15) is 25.8 Å². The molecule has 0 saturated carbocycles. The van der Waals surface area contributed by atoms with Crippen molar-refractivity contribution in [2.45, 2.75) is 32.3 Å². The molecule has 4 nitrogen and oxygen atoms in total. The Morgan fingerprint density at radius 2 is 1.94 bits per heavy atom. The van der Waals surface area contributed by atoms with Gasteiger partial charge in [0.15, 0.2) is 5.60 Å². The van der Waals surface area contributed by atoms with E-state index in [1.807, 2.05) is 24.3 Å². The maximum absolute atomic E-state index is 11.2. The Morgan fingerprint density at radius 3 is 2.39 bits per heavy atom. The van der Waals surface area contributed by atoms with E-state index in [1.165, 1.54) is 0 Å². The maximum atomic E-state index is 11.2. The third kappa shape index (κ3) is 3.74. The molecule has 0 amide bonds. The van der Waals surface area contributed by atoms with Crippen LogP contribution in [0.2, 0.25) is 0 Å². The summed E-state index contributed by atoms with van der Waals surface area (Å²) in [6, 6.07) is 7.61. The second-order valence-electron chi connectivity index (χ2n) is 4.32. The Balaban J connectivity index is 2.64. The van der Waals surface area contributed by atoms with Gasteiger partial charge in [-0.05, 0) is 44.4 Å². The fourth-order valence-electron chi connectivity index (χ4n) is 1.73. The predicted octanol–water partition coefficient (Wildman–Crippen LogP) is 2.51. The van der Waals surface area contributed by atoms with Gasteiger partial charge in [-0.2, -0.15) is 0 Å². The van der Waals surface area contributed by atoms with Gasteiger partial charge in [0.05, 0.1) is 7.11 Å². The zero-order valence-corrected chi connectivity index (χ0v) is 11.1. The summed E-state index contributed by atoms with van der Waals surface area (Å²) in [5.74, 6) is -0.123. The van der Waals surface area contributed by atoms with Crippen LogP contribution in [0.5, 0.6) is 5.75 Å². The fraction of sp³-hybridized carbons (Fsp3) is 0.500. The van der Waals surface area contributed by atoms with Crippen LogP contribution >= 0.6 is 0 Å². The molecule has 1 aromatic rings. The summed E-state index contributed by atoms with van der Waals surface area (Å²) < 4.78 is 10.4. The van der Waals surface area contributed by atoms with E-state index in [9.17, 15) is 9.90 Å². The number of benzene rings is 1. The molecule has 0 bridgehead atoms. The van der Waals surface area contributed by atoms with E-state index in [0.29, 0.717) is 19.4 Å². The Hall–Kier alpha value is -1.55. The van der Waals surface area contributed by atoms with Crippen molar-refractivity contribution in [2.24, 2.45) is 0 Å². The fourth-order valence-corrected chi connectivity index (χ4v) is 1.73. The lowest BCUT2D eigenvalue weighted by Crippen LogP contribution is -2.38. The molecule has 100 valence electrons. The van der Waals surface area contributed by atoms with Gasteiger partial charge in [-0.25, -0.2) is 4.79 Å². The lowest BCUT2D eigenvalue weighted by molar-refractivity contribution is -0.163.